The predicted molar refractivity (Wildman–Crippen MR) is 70.5 cm³/mol. The van der Waals surface area contributed by atoms with Crippen molar-refractivity contribution >= 4 is 11.6 Å². The molecule has 0 aromatic heterocycles. The zero-order valence-corrected chi connectivity index (χ0v) is 10.7. The standard InChI is InChI=1S/C14H13FN2O3/c1-2-5-16(9-10-3-4-10)14(18)11-6-12(15)8-13(7-11)17(19)20/h1,6-8,10H,3-5,9H2. The van der Waals surface area contributed by atoms with Gasteiger partial charge in [-0.2, -0.15) is 0 Å². The Labute approximate surface area is 115 Å². The molecule has 0 saturated heterocycles. The van der Waals surface area contributed by atoms with Crippen molar-refractivity contribution in [1.29, 1.82) is 0 Å². The largest absolute Gasteiger partial charge is 0.327 e. The summed E-state index contributed by atoms with van der Waals surface area (Å²) in [6.07, 6.45) is 7.30. The molecule has 0 aliphatic heterocycles. The molecule has 1 amide bonds. The highest BCUT2D eigenvalue weighted by molar-refractivity contribution is 5.95. The van der Waals surface area contributed by atoms with E-state index >= 15 is 0 Å². The average molecular weight is 276 g/mol. The van der Waals surface area contributed by atoms with E-state index in [1.807, 2.05) is 0 Å². The van der Waals surface area contributed by atoms with Crippen LogP contribution in [0.25, 0.3) is 0 Å². The summed E-state index contributed by atoms with van der Waals surface area (Å²) in [6, 6.07) is 2.84. The maximum absolute atomic E-state index is 13.4. The van der Waals surface area contributed by atoms with Crippen LogP contribution in [-0.4, -0.2) is 28.8 Å². The molecule has 0 N–H and O–H groups in total. The second kappa shape index (κ2) is 5.70. The molecular weight excluding hydrogens is 263 g/mol. The minimum absolute atomic E-state index is 0.0485. The fourth-order valence-corrected chi connectivity index (χ4v) is 1.93. The van der Waals surface area contributed by atoms with Crippen molar-refractivity contribution in [1.82, 2.24) is 4.90 Å². The van der Waals surface area contributed by atoms with Crippen LogP contribution in [0.2, 0.25) is 0 Å². The number of benzene rings is 1. The normalized spacial score (nSPS) is 13.6. The minimum atomic E-state index is -0.811. The van der Waals surface area contributed by atoms with E-state index in [-0.39, 0.29) is 12.1 Å². The van der Waals surface area contributed by atoms with E-state index in [4.69, 9.17) is 6.42 Å². The summed E-state index contributed by atoms with van der Waals surface area (Å²) < 4.78 is 13.4. The summed E-state index contributed by atoms with van der Waals surface area (Å²) >= 11 is 0. The van der Waals surface area contributed by atoms with Crippen LogP contribution in [0.4, 0.5) is 10.1 Å². The molecule has 1 aliphatic rings. The average Bonchev–Trinajstić information content (AvgIpc) is 3.20. The van der Waals surface area contributed by atoms with E-state index in [0.29, 0.717) is 12.5 Å². The lowest BCUT2D eigenvalue weighted by Crippen LogP contribution is -2.33. The monoisotopic (exact) mass is 276 g/mol. The lowest BCUT2D eigenvalue weighted by molar-refractivity contribution is -0.385. The van der Waals surface area contributed by atoms with Crippen molar-refractivity contribution in [3.8, 4) is 12.3 Å². The maximum atomic E-state index is 13.4. The maximum Gasteiger partial charge on any atom is 0.273 e. The van der Waals surface area contributed by atoms with Gasteiger partial charge in [0.2, 0.25) is 0 Å². The first-order valence-electron chi connectivity index (χ1n) is 6.19. The van der Waals surface area contributed by atoms with Crippen LogP contribution in [0.5, 0.6) is 0 Å². The van der Waals surface area contributed by atoms with E-state index < -0.39 is 22.3 Å². The van der Waals surface area contributed by atoms with Crippen molar-refractivity contribution in [3.05, 3.63) is 39.7 Å². The molecule has 1 aromatic carbocycles. The summed E-state index contributed by atoms with van der Waals surface area (Å²) in [5, 5.41) is 10.7. The Kier molecular flexibility index (Phi) is 3.99. The first kappa shape index (κ1) is 14.0. The SMILES string of the molecule is C#CCN(CC1CC1)C(=O)c1cc(F)cc([N+](=O)[O-])c1. The zero-order chi connectivity index (χ0) is 14.7. The van der Waals surface area contributed by atoms with Gasteiger partial charge in [-0.05, 0) is 24.8 Å². The molecule has 5 nitrogen and oxygen atoms in total. The van der Waals surface area contributed by atoms with Gasteiger partial charge in [0.25, 0.3) is 11.6 Å². The third-order valence-electron chi connectivity index (χ3n) is 3.09. The highest BCUT2D eigenvalue weighted by Gasteiger charge is 2.27. The lowest BCUT2D eigenvalue weighted by atomic mass is 10.1. The highest BCUT2D eigenvalue weighted by atomic mass is 19.1. The number of hydrogen-bond donors (Lipinski definition) is 0. The van der Waals surface area contributed by atoms with Crippen LogP contribution in [0, 0.1) is 34.2 Å². The van der Waals surface area contributed by atoms with Crippen LogP contribution in [0.1, 0.15) is 23.2 Å². The van der Waals surface area contributed by atoms with Crippen LogP contribution in [0.15, 0.2) is 18.2 Å². The molecule has 104 valence electrons. The molecule has 0 atom stereocenters. The Balaban J connectivity index is 2.25. The number of amides is 1. The van der Waals surface area contributed by atoms with Crippen LogP contribution in [-0.2, 0) is 0 Å². The lowest BCUT2D eigenvalue weighted by Gasteiger charge is -2.20. The fraction of sp³-hybridized carbons (Fsp3) is 0.357. The Morgan fingerprint density at radius 3 is 2.75 bits per heavy atom. The first-order valence-corrected chi connectivity index (χ1v) is 6.19. The molecule has 0 bridgehead atoms. The molecule has 0 radical (unpaired) electrons. The topological polar surface area (TPSA) is 63.5 Å². The van der Waals surface area contributed by atoms with Crippen molar-refractivity contribution in [3.63, 3.8) is 0 Å². The summed E-state index contributed by atoms with van der Waals surface area (Å²) in [5.74, 6) is 1.52. The fourth-order valence-electron chi connectivity index (χ4n) is 1.93. The first-order chi connectivity index (χ1) is 9.51. The summed E-state index contributed by atoms with van der Waals surface area (Å²) in [5.41, 5.74) is -0.493. The second-order valence-electron chi connectivity index (χ2n) is 4.79. The summed E-state index contributed by atoms with van der Waals surface area (Å²) in [6.45, 7) is 0.618. The van der Waals surface area contributed by atoms with Crippen molar-refractivity contribution in [2.45, 2.75) is 12.8 Å². The molecule has 1 saturated carbocycles. The van der Waals surface area contributed by atoms with Crippen LogP contribution in [0.3, 0.4) is 0 Å². The van der Waals surface area contributed by atoms with Gasteiger partial charge in [-0.25, -0.2) is 4.39 Å². The molecule has 2 rings (SSSR count). The number of halogens is 1. The van der Waals surface area contributed by atoms with E-state index in [9.17, 15) is 19.3 Å². The van der Waals surface area contributed by atoms with Gasteiger partial charge in [-0.15, -0.1) is 6.42 Å². The molecule has 1 fully saturated rings. The number of carbonyl (C=O) groups is 1. The molecule has 0 heterocycles. The minimum Gasteiger partial charge on any atom is -0.327 e. The second-order valence-corrected chi connectivity index (χ2v) is 4.79. The van der Waals surface area contributed by atoms with Gasteiger partial charge in [-0.3, -0.25) is 14.9 Å². The number of rotatable bonds is 5. The molecular formula is C14H13FN2O3. The zero-order valence-electron chi connectivity index (χ0n) is 10.7. The Bertz CT molecular complexity index is 591. The summed E-state index contributed by atoms with van der Waals surface area (Å²) in [4.78, 5) is 23.7. The third-order valence-corrected chi connectivity index (χ3v) is 3.09. The highest BCUT2D eigenvalue weighted by Crippen LogP contribution is 2.30. The smallest absolute Gasteiger partial charge is 0.273 e. The number of hydrogen-bond acceptors (Lipinski definition) is 3. The predicted octanol–water partition coefficient (Wildman–Crippen LogP) is 2.22. The third kappa shape index (κ3) is 3.32. The molecule has 1 aromatic rings. The van der Waals surface area contributed by atoms with Gasteiger partial charge in [0.1, 0.15) is 5.82 Å². The summed E-state index contributed by atoms with van der Waals surface area (Å²) in [7, 11) is 0. The Morgan fingerprint density at radius 1 is 1.50 bits per heavy atom. The molecule has 20 heavy (non-hydrogen) atoms. The van der Waals surface area contributed by atoms with Crippen molar-refractivity contribution in [2.24, 2.45) is 5.92 Å². The van der Waals surface area contributed by atoms with E-state index in [1.165, 1.54) is 4.90 Å². The van der Waals surface area contributed by atoms with Crippen molar-refractivity contribution in [2.75, 3.05) is 13.1 Å². The van der Waals surface area contributed by atoms with Gasteiger partial charge in [0.15, 0.2) is 0 Å². The Hall–Kier alpha value is -2.42. The number of nitrogens with zero attached hydrogens (tertiary/aromatic N) is 2. The number of carbonyl (C=O) groups excluding carboxylic acids is 1. The van der Waals surface area contributed by atoms with Gasteiger partial charge in [-0.1, -0.05) is 5.92 Å². The van der Waals surface area contributed by atoms with Crippen LogP contribution < -0.4 is 0 Å². The number of nitro benzene ring substituents is 1. The number of terminal acetylenes is 1. The number of non-ortho nitro benzene ring substituents is 1. The van der Waals surface area contributed by atoms with Gasteiger partial charge >= 0.3 is 0 Å². The van der Waals surface area contributed by atoms with E-state index in [0.717, 1.165) is 31.0 Å². The van der Waals surface area contributed by atoms with Gasteiger partial charge in [0.05, 0.1) is 17.5 Å². The number of nitro groups is 1. The van der Waals surface area contributed by atoms with Gasteiger partial charge < -0.3 is 4.90 Å². The van der Waals surface area contributed by atoms with Crippen LogP contribution >= 0.6 is 0 Å². The quantitative estimate of drug-likeness (QED) is 0.470. The molecule has 1 aliphatic carbocycles. The van der Waals surface area contributed by atoms with E-state index in [1.54, 1.807) is 0 Å². The molecule has 0 unspecified atom stereocenters. The van der Waals surface area contributed by atoms with Crippen molar-refractivity contribution < 1.29 is 14.1 Å². The Morgan fingerprint density at radius 2 is 2.20 bits per heavy atom. The molecule has 0 spiro atoms. The molecule has 6 heteroatoms. The van der Waals surface area contributed by atoms with Gasteiger partial charge in [0, 0.05) is 18.2 Å². The van der Waals surface area contributed by atoms with E-state index in [2.05, 4.69) is 5.92 Å².